The Morgan fingerprint density at radius 1 is 1.10 bits per heavy atom. The Kier molecular flexibility index (Phi) is 8.68. The molecule has 10 heteroatoms. The van der Waals surface area contributed by atoms with Crippen molar-refractivity contribution in [3.8, 4) is 0 Å². The summed E-state index contributed by atoms with van der Waals surface area (Å²) < 4.78 is 10.0. The molecule has 0 saturated heterocycles. The van der Waals surface area contributed by atoms with Gasteiger partial charge in [0, 0.05) is 5.56 Å². The average molecular weight is 448 g/mol. The molecular formula is C21H25N3O6S. The minimum Gasteiger partial charge on any atom is -0.462 e. The van der Waals surface area contributed by atoms with Crippen molar-refractivity contribution in [3.63, 3.8) is 0 Å². The number of carbonyl (C=O) groups excluding carboxylic acids is 4. The normalized spacial score (nSPS) is 11.5. The van der Waals surface area contributed by atoms with Gasteiger partial charge in [-0.3, -0.25) is 14.9 Å². The van der Waals surface area contributed by atoms with Crippen molar-refractivity contribution in [1.29, 1.82) is 0 Å². The van der Waals surface area contributed by atoms with Crippen LogP contribution >= 0.6 is 11.3 Å². The standard InChI is InChI=1S/C21H25N3O6S/c1-5-29-20(28)17-13(4)22-21(31-17)23-15(25)11-30-19(27)16(12(2)3)24-18(26)14-9-7-6-8-10-14/h6-10,12,16H,5,11H2,1-4H3,(H,24,26)(H,22,23,25)/t16-/m1/s1. The van der Waals surface area contributed by atoms with Crippen LogP contribution in [0.2, 0.25) is 0 Å². The zero-order chi connectivity index (χ0) is 23.0. The second-order valence-corrected chi connectivity index (χ2v) is 7.87. The molecule has 2 N–H and O–H groups in total. The van der Waals surface area contributed by atoms with Gasteiger partial charge in [0.25, 0.3) is 11.8 Å². The van der Waals surface area contributed by atoms with Crippen LogP contribution in [0.4, 0.5) is 5.13 Å². The lowest BCUT2D eigenvalue weighted by Gasteiger charge is -2.20. The minimum atomic E-state index is -0.918. The molecule has 2 rings (SSSR count). The summed E-state index contributed by atoms with van der Waals surface area (Å²) in [6.45, 7) is 6.50. The molecule has 0 aliphatic heterocycles. The van der Waals surface area contributed by atoms with Crippen molar-refractivity contribution in [1.82, 2.24) is 10.3 Å². The third-order valence-corrected chi connectivity index (χ3v) is 5.15. The molecule has 0 saturated carbocycles. The van der Waals surface area contributed by atoms with Crippen molar-refractivity contribution >= 4 is 40.2 Å². The number of hydrogen-bond donors (Lipinski definition) is 2. The largest absolute Gasteiger partial charge is 0.462 e. The lowest BCUT2D eigenvalue weighted by molar-refractivity contribution is -0.150. The summed E-state index contributed by atoms with van der Waals surface area (Å²) in [5.74, 6) is -2.52. The molecule has 0 aliphatic rings. The average Bonchev–Trinajstić information content (AvgIpc) is 3.10. The molecule has 9 nitrogen and oxygen atoms in total. The molecule has 0 radical (unpaired) electrons. The Bertz CT molecular complexity index is 942. The molecule has 0 bridgehead atoms. The molecular weight excluding hydrogens is 422 g/mol. The van der Waals surface area contributed by atoms with Crippen LogP contribution in [-0.4, -0.2) is 48.0 Å². The molecule has 166 valence electrons. The lowest BCUT2D eigenvalue weighted by Crippen LogP contribution is -2.45. The van der Waals surface area contributed by atoms with E-state index in [0.29, 0.717) is 11.3 Å². The van der Waals surface area contributed by atoms with Crippen LogP contribution < -0.4 is 10.6 Å². The molecule has 1 heterocycles. The van der Waals surface area contributed by atoms with Gasteiger partial charge in [-0.1, -0.05) is 43.4 Å². The van der Waals surface area contributed by atoms with Gasteiger partial charge in [0.2, 0.25) is 0 Å². The molecule has 31 heavy (non-hydrogen) atoms. The molecule has 0 fully saturated rings. The highest BCUT2D eigenvalue weighted by atomic mass is 32.1. The summed E-state index contributed by atoms with van der Waals surface area (Å²) in [7, 11) is 0. The van der Waals surface area contributed by atoms with E-state index in [1.54, 1.807) is 58.0 Å². The maximum atomic E-state index is 12.4. The van der Waals surface area contributed by atoms with Crippen molar-refractivity contribution in [2.45, 2.75) is 33.7 Å². The summed E-state index contributed by atoms with van der Waals surface area (Å²) in [5.41, 5.74) is 0.842. The van der Waals surface area contributed by atoms with E-state index in [-0.39, 0.29) is 22.5 Å². The molecule has 0 spiro atoms. The number of nitrogens with zero attached hydrogens (tertiary/aromatic N) is 1. The number of rotatable bonds is 9. The lowest BCUT2D eigenvalue weighted by atomic mass is 10.0. The van der Waals surface area contributed by atoms with E-state index in [1.165, 1.54) is 0 Å². The zero-order valence-corrected chi connectivity index (χ0v) is 18.6. The summed E-state index contributed by atoms with van der Waals surface area (Å²) in [5, 5.41) is 5.31. The number of esters is 2. The molecule has 0 aliphatic carbocycles. The first-order valence-corrected chi connectivity index (χ1v) is 10.5. The van der Waals surface area contributed by atoms with Crippen LogP contribution in [0.25, 0.3) is 0 Å². The predicted molar refractivity (Wildman–Crippen MR) is 115 cm³/mol. The summed E-state index contributed by atoms with van der Waals surface area (Å²) in [6.07, 6.45) is 0. The van der Waals surface area contributed by atoms with E-state index in [4.69, 9.17) is 9.47 Å². The van der Waals surface area contributed by atoms with Crippen LogP contribution in [-0.2, 0) is 19.1 Å². The van der Waals surface area contributed by atoms with Gasteiger partial charge in [-0.15, -0.1) is 0 Å². The Morgan fingerprint density at radius 3 is 2.39 bits per heavy atom. The van der Waals surface area contributed by atoms with Crippen LogP contribution in [0.1, 0.15) is 46.5 Å². The monoisotopic (exact) mass is 447 g/mol. The highest BCUT2D eigenvalue weighted by Crippen LogP contribution is 2.23. The number of amides is 2. The van der Waals surface area contributed by atoms with E-state index >= 15 is 0 Å². The van der Waals surface area contributed by atoms with E-state index in [1.807, 2.05) is 0 Å². The number of anilines is 1. The van der Waals surface area contributed by atoms with Crippen LogP contribution in [0.15, 0.2) is 30.3 Å². The smallest absolute Gasteiger partial charge is 0.350 e. The van der Waals surface area contributed by atoms with Gasteiger partial charge < -0.3 is 14.8 Å². The summed E-state index contributed by atoms with van der Waals surface area (Å²) in [4.78, 5) is 53.2. The maximum absolute atomic E-state index is 12.4. The second kappa shape index (κ2) is 11.2. The SMILES string of the molecule is CCOC(=O)c1sc(NC(=O)COC(=O)[C@H](NC(=O)c2ccccc2)C(C)C)nc1C. The van der Waals surface area contributed by atoms with Crippen molar-refractivity contribution in [2.24, 2.45) is 5.92 Å². The Hall–Kier alpha value is -3.27. The third kappa shape index (κ3) is 6.88. The number of thiazole rings is 1. The van der Waals surface area contributed by atoms with Gasteiger partial charge >= 0.3 is 11.9 Å². The fraction of sp³-hybridized carbons (Fsp3) is 0.381. The Labute approximate surface area is 184 Å². The molecule has 0 unspecified atom stereocenters. The Balaban J connectivity index is 1.92. The zero-order valence-electron chi connectivity index (χ0n) is 17.8. The first-order chi connectivity index (χ1) is 14.7. The van der Waals surface area contributed by atoms with Gasteiger partial charge in [-0.25, -0.2) is 14.6 Å². The first kappa shape index (κ1) is 24.0. The van der Waals surface area contributed by atoms with Gasteiger partial charge in [0.15, 0.2) is 11.7 Å². The van der Waals surface area contributed by atoms with Gasteiger partial charge in [0.1, 0.15) is 10.9 Å². The minimum absolute atomic E-state index is 0.194. The van der Waals surface area contributed by atoms with Crippen LogP contribution in [0.3, 0.4) is 0 Å². The highest BCUT2D eigenvalue weighted by Gasteiger charge is 2.27. The number of nitrogens with one attached hydrogen (secondary N) is 2. The molecule has 1 aromatic heterocycles. The maximum Gasteiger partial charge on any atom is 0.350 e. The van der Waals surface area contributed by atoms with Crippen LogP contribution in [0.5, 0.6) is 0 Å². The number of carbonyl (C=O) groups is 4. The topological polar surface area (TPSA) is 124 Å². The third-order valence-electron chi connectivity index (χ3n) is 4.09. The predicted octanol–water partition coefficient (Wildman–Crippen LogP) is 2.56. The fourth-order valence-electron chi connectivity index (χ4n) is 2.53. The number of hydrogen-bond acceptors (Lipinski definition) is 8. The Morgan fingerprint density at radius 2 is 1.77 bits per heavy atom. The van der Waals surface area contributed by atoms with Gasteiger partial charge in [0.05, 0.1) is 12.3 Å². The van der Waals surface area contributed by atoms with Gasteiger partial charge in [-0.2, -0.15) is 0 Å². The molecule has 2 amide bonds. The van der Waals surface area contributed by atoms with E-state index in [0.717, 1.165) is 11.3 Å². The van der Waals surface area contributed by atoms with E-state index in [2.05, 4.69) is 15.6 Å². The van der Waals surface area contributed by atoms with Crippen LogP contribution in [0, 0.1) is 12.8 Å². The first-order valence-electron chi connectivity index (χ1n) is 9.69. The van der Waals surface area contributed by atoms with Crippen molar-refractivity contribution < 1.29 is 28.7 Å². The fourth-order valence-corrected chi connectivity index (χ4v) is 3.41. The summed E-state index contributed by atoms with van der Waals surface area (Å²) >= 11 is 0.972. The number of benzene rings is 1. The number of ether oxygens (including phenoxy) is 2. The quantitative estimate of drug-likeness (QED) is 0.566. The highest BCUT2D eigenvalue weighted by molar-refractivity contribution is 7.17. The van der Waals surface area contributed by atoms with Crippen molar-refractivity contribution in [2.75, 3.05) is 18.5 Å². The molecule has 1 aromatic carbocycles. The van der Waals surface area contributed by atoms with Crippen molar-refractivity contribution in [3.05, 3.63) is 46.5 Å². The van der Waals surface area contributed by atoms with Gasteiger partial charge in [-0.05, 0) is 31.9 Å². The molecule has 2 aromatic rings. The summed E-state index contributed by atoms with van der Waals surface area (Å²) in [6, 6.07) is 7.56. The van der Waals surface area contributed by atoms with E-state index < -0.39 is 36.4 Å². The molecule has 1 atom stereocenters. The number of aromatic nitrogens is 1. The number of aryl methyl sites for hydroxylation is 1. The van der Waals surface area contributed by atoms with E-state index in [9.17, 15) is 19.2 Å². The second-order valence-electron chi connectivity index (χ2n) is 6.87.